The molecule has 0 fully saturated rings. The molecule has 1 aliphatic rings. The van der Waals surface area contributed by atoms with E-state index in [0.29, 0.717) is 0 Å². The van der Waals surface area contributed by atoms with Gasteiger partial charge in [-0.15, -0.1) is 0 Å². The van der Waals surface area contributed by atoms with Crippen molar-refractivity contribution in [1.82, 2.24) is 9.78 Å². The molecule has 0 unspecified atom stereocenters. The summed E-state index contributed by atoms with van der Waals surface area (Å²) in [5.41, 5.74) is 2.47. The van der Waals surface area contributed by atoms with Crippen LogP contribution in [0.25, 0.3) is 0 Å². The summed E-state index contributed by atoms with van der Waals surface area (Å²) < 4.78 is 1.83. The van der Waals surface area contributed by atoms with Crippen molar-refractivity contribution in [2.75, 3.05) is 0 Å². The molecule has 3 nitrogen and oxygen atoms in total. The van der Waals surface area contributed by atoms with E-state index in [1.807, 2.05) is 17.9 Å². The van der Waals surface area contributed by atoms with Gasteiger partial charge in [0.25, 0.3) is 0 Å². The highest BCUT2D eigenvalue weighted by Gasteiger charge is 2.11. The summed E-state index contributed by atoms with van der Waals surface area (Å²) >= 11 is 0. The number of rotatable bonds is 0. The summed E-state index contributed by atoms with van der Waals surface area (Å²) in [5.74, 6) is 0.913. The maximum atomic E-state index is 4.35. The quantitative estimate of drug-likeness (QED) is 0.549. The van der Waals surface area contributed by atoms with Crippen molar-refractivity contribution < 1.29 is 0 Å². The number of aromatic nitrogens is 2. The average Bonchev–Trinajstić information content (AvgIpc) is 2.27. The predicted octanol–water partition coefficient (Wildman–Crippen LogP) is 1.46. The molecule has 0 aromatic carbocycles. The van der Waals surface area contributed by atoms with Gasteiger partial charge in [0, 0.05) is 24.5 Å². The first-order valence-electron chi connectivity index (χ1n) is 3.82. The van der Waals surface area contributed by atoms with E-state index >= 15 is 0 Å². The fourth-order valence-electron chi connectivity index (χ4n) is 1.35. The van der Waals surface area contributed by atoms with Crippen LogP contribution >= 0.6 is 0 Å². The smallest absolute Gasteiger partial charge is 0.176 e. The van der Waals surface area contributed by atoms with Gasteiger partial charge in [-0.2, -0.15) is 5.10 Å². The van der Waals surface area contributed by atoms with E-state index in [9.17, 15) is 0 Å². The molecule has 0 aliphatic carbocycles. The van der Waals surface area contributed by atoms with Crippen LogP contribution in [-0.4, -0.2) is 15.5 Å². The zero-order valence-corrected chi connectivity index (χ0v) is 6.83. The van der Waals surface area contributed by atoms with Crippen LogP contribution in [0.4, 0.5) is 5.82 Å². The highest BCUT2D eigenvalue weighted by atomic mass is 15.3. The molecule has 0 spiro atoms. The molecule has 0 saturated carbocycles. The van der Waals surface area contributed by atoms with E-state index in [-0.39, 0.29) is 0 Å². The van der Waals surface area contributed by atoms with Gasteiger partial charge in [0.1, 0.15) is 0 Å². The van der Waals surface area contributed by atoms with Gasteiger partial charge in [0.05, 0.1) is 0 Å². The minimum atomic E-state index is 0.913. The lowest BCUT2D eigenvalue weighted by atomic mass is 10.1. The van der Waals surface area contributed by atoms with Crippen molar-refractivity contribution in [1.29, 1.82) is 0 Å². The van der Waals surface area contributed by atoms with Gasteiger partial charge < -0.3 is 0 Å². The molecule has 0 amide bonds. The summed E-state index contributed by atoms with van der Waals surface area (Å²) in [6.07, 6.45) is 4.22. The summed E-state index contributed by atoms with van der Waals surface area (Å²) in [4.78, 5) is 4.35. The summed E-state index contributed by atoms with van der Waals surface area (Å²) in [5, 5.41) is 4.23. The topological polar surface area (TPSA) is 30.2 Å². The van der Waals surface area contributed by atoms with Gasteiger partial charge in [0.2, 0.25) is 0 Å². The third-order valence-electron chi connectivity index (χ3n) is 1.94. The van der Waals surface area contributed by atoms with E-state index < -0.39 is 0 Å². The Morgan fingerprint density at radius 3 is 3.09 bits per heavy atom. The second-order valence-corrected chi connectivity index (χ2v) is 3.00. The van der Waals surface area contributed by atoms with Gasteiger partial charge in [-0.25, -0.2) is 4.99 Å². The molecular formula is C8H11N3. The first-order valence-corrected chi connectivity index (χ1v) is 3.82. The molecule has 0 radical (unpaired) electrons. The molecule has 0 N–H and O–H groups in total. The Kier molecular flexibility index (Phi) is 1.31. The van der Waals surface area contributed by atoms with E-state index in [2.05, 4.69) is 17.0 Å². The van der Waals surface area contributed by atoms with Crippen LogP contribution in [0.2, 0.25) is 0 Å². The van der Waals surface area contributed by atoms with Crippen LogP contribution < -0.4 is 0 Å². The van der Waals surface area contributed by atoms with Gasteiger partial charge in [-0.3, -0.25) is 4.68 Å². The predicted molar refractivity (Wildman–Crippen MR) is 44.3 cm³/mol. The zero-order chi connectivity index (χ0) is 7.84. The average molecular weight is 149 g/mol. The third-order valence-corrected chi connectivity index (χ3v) is 1.94. The van der Waals surface area contributed by atoms with Crippen molar-refractivity contribution in [2.24, 2.45) is 12.0 Å². The molecule has 1 aliphatic heterocycles. The van der Waals surface area contributed by atoms with Crippen LogP contribution in [0.3, 0.4) is 0 Å². The molecule has 3 heteroatoms. The number of fused-ring (bicyclic) bond motifs is 1. The van der Waals surface area contributed by atoms with Gasteiger partial charge in [0.15, 0.2) is 5.82 Å². The summed E-state index contributed by atoms with van der Waals surface area (Å²) in [6.45, 7) is 2.05. The van der Waals surface area contributed by atoms with Crippen molar-refractivity contribution in [3.8, 4) is 0 Å². The molecule has 1 aromatic rings. The van der Waals surface area contributed by atoms with Crippen molar-refractivity contribution in [3.05, 3.63) is 11.8 Å². The lowest BCUT2D eigenvalue weighted by Gasteiger charge is -2.05. The lowest BCUT2D eigenvalue weighted by Crippen LogP contribution is -1.99. The fraction of sp³-hybridized carbons (Fsp3) is 0.500. The second kappa shape index (κ2) is 2.19. The van der Waals surface area contributed by atoms with Crippen LogP contribution in [0.5, 0.6) is 0 Å². The second-order valence-electron chi connectivity index (χ2n) is 3.00. The van der Waals surface area contributed by atoms with E-state index in [1.165, 1.54) is 11.3 Å². The monoisotopic (exact) mass is 149 g/mol. The van der Waals surface area contributed by atoms with Crippen LogP contribution in [-0.2, 0) is 13.5 Å². The first kappa shape index (κ1) is 6.58. The highest BCUT2D eigenvalue weighted by molar-refractivity contribution is 5.86. The number of aliphatic imine (C=N–C) groups is 1. The Balaban J connectivity index is 2.50. The van der Waals surface area contributed by atoms with Gasteiger partial charge in [-0.1, -0.05) is 0 Å². The molecular weight excluding hydrogens is 138 g/mol. The molecule has 11 heavy (non-hydrogen) atoms. The van der Waals surface area contributed by atoms with E-state index in [4.69, 9.17) is 0 Å². The number of aryl methyl sites for hydroxylation is 2. The van der Waals surface area contributed by atoms with Crippen LogP contribution in [0.15, 0.2) is 11.2 Å². The van der Waals surface area contributed by atoms with E-state index in [1.54, 1.807) is 0 Å². The minimum absolute atomic E-state index is 0.913. The van der Waals surface area contributed by atoms with Crippen molar-refractivity contribution in [2.45, 2.75) is 19.8 Å². The van der Waals surface area contributed by atoms with Gasteiger partial charge >= 0.3 is 0 Å². The van der Waals surface area contributed by atoms with Gasteiger partial charge in [-0.05, 0) is 19.8 Å². The normalized spacial score (nSPS) is 16.0. The van der Waals surface area contributed by atoms with Crippen LogP contribution in [0, 0.1) is 0 Å². The Morgan fingerprint density at radius 1 is 1.45 bits per heavy atom. The van der Waals surface area contributed by atoms with Crippen molar-refractivity contribution in [3.63, 3.8) is 0 Å². The maximum absolute atomic E-state index is 4.35. The Hall–Kier alpha value is -1.12. The van der Waals surface area contributed by atoms with E-state index in [0.717, 1.165) is 18.7 Å². The molecule has 2 heterocycles. The zero-order valence-electron chi connectivity index (χ0n) is 6.83. The standard InChI is InChI=1S/C8H11N3/c1-6-3-4-7-5-11(2)10-8(7)9-6/h5H,3-4H2,1-2H3. The SMILES string of the molecule is CC1=Nc2nn(C)cc2CC1. The third kappa shape index (κ3) is 1.06. The minimum Gasteiger partial charge on any atom is -0.273 e. The molecule has 58 valence electrons. The van der Waals surface area contributed by atoms with Crippen LogP contribution in [0.1, 0.15) is 18.9 Å². The molecule has 0 atom stereocenters. The molecule has 2 rings (SSSR count). The highest BCUT2D eigenvalue weighted by Crippen LogP contribution is 2.22. The number of nitrogens with zero attached hydrogens (tertiary/aromatic N) is 3. The Morgan fingerprint density at radius 2 is 2.27 bits per heavy atom. The number of hydrogen-bond acceptors (Lipinski definition) is 2. The van der Waals surface area contributed by atoms with Crippen molar-refractivity contribution >= 4 is 11.5 Å². The molecule has 0 saturated heterocycles. The Labute approximate surface area is 65.8 Å². The number of hydrogen-bond donors (Lipinski definition) is 0. The largest absolute Gasteiger partial charge is 0.273 e. The maximum Gasteiger partial charge on any atom is 0.176 e. The molecule has 0 bridgehead atoms. The lowest BCUT2D eigenvalue weighted by molar-refractivity contribution is 0.768. The molecule has 1 aromatic heterocycles. The summed E-state index contributed by atoms with van der Waals surface area (Å²) in [6, 6.07) is 0. The fourth-order valence-corrected chi connectivity index (χ4v) is 1.35. The Bertz CT molecular complexity index is 309. The summed E-state index contributed by atoms with van der Waals surface area (Å²) in [7, 11) is 1.93. The first-order chi connectivity index (χ1) is 5.25.